The van der Waals surface area contributed by atoms with Gasteiger partial charge in [-0.05, 0) is 31.1 Å². The normalized spacial score (nSPS) is 19.8. The highest BCUT2D eigenvalue weighted by atomic mass is 16.6. The summed E-state index contributed by atoms with van der Waals surface area (Å²) >= 11 is 0. The first-order valence-corrected chi connectivity index (χ1v) is 12.2. The molecule has 0 bridgehead atoms. The molecule has 1 heteroatoms. The zero-order valence-electron chi connectivity index (χ0n) is 18.8. The fourth-order valence-electron chi connectivity index (χ4n) is 4.28. The first-order chi connectivity index (χ1) is 12.6. The SMILES string of the molecule is CCCCCCCCCC(C)(C)CCCC1OC1CCCCCCCC. The van der Waals surface area contributed by atoms with Crippen molar-refractivity contribution in [3.05, 3.63) is 0 Å². The third-order valence-corrected chi connectivity index (χ3v) is 6.33. The molecule has 1 aliphatic rings. The molecule has 2 atom stereocenters. The van der Waals surface area contributed by atoms with Crippen LogP contribution in [-0.4, -0.2) is 12.2 Å². The van der Waals surface area contributed by atoms with E-state index in [1.807, 2.05) is 0 Å². The van der Waals surface area contributed by atoms with Gasteiger partial charge in [-0.3, -0.25) is 0 Å². The molecule has 0 aromatic heterocycles. The Kier molecular flexibility index (Phi) is 13.8. The number of unbranched alkanes of at least 4 members (excludes halogenated alkanes) is 11. The van der Waals surface area contributed by atoms with Crippen molar-refractivity contribution in [3.8, 4) is 0 Å². The molecule has 1 fully saturated rings. The zero-order valence-corrected chi connectivity index (χ0v) is 18.8. The van der Waals surface area contributed by atoms with E-state index in [1.54, 1.807) is 0 Å². The third-order valence-electron chi connectivity index (χ3n) is 6.33. The van der Waals surface area contributed by atoms with Crippen LogP contribution in [0.25, 0.3) is 0 Å². The number of rotatable bonds is 19. The summed E-state index contributed by atoms with van der Waals surface area (Å²) in [6.07, 6.45) is 26.4. The van der Waals surface area contributed by atoms with Crippen LogP contribution < -0.4 is 0 Å². The lowest BCUT2D eigenvalue weighted by molar-refractivity contribution is 0.274. The van der Waals surface area contributed by atoms with Crippen molar-refractivity contribution in [2.75, 3.05) is 0 Å². The molecule has 0 spiro atoms. The van der Waals surface area contributed by atoms with E-state index in [4.69, 9.17) is 4.74 Å². The van der Waals surface area contributed by atoms with Crippen LogP contribution in [0.15, 0.2) is 0 Å². The third kappa shape index (κ3) is 13.2. The summed E-state index contributed by atoms with van der Waals surface area (Å²) in [6.45, 7) is 9.54. The van der Waals surface area contributed by atoms with Crippen LogP contribution in [0.1, 0.15) is 143 Å². The molecule has 2 unspecified atom stereocenters. The van der Waals surface area contributed by atoms with E-state index in [2.05, 4.69) is 27.7 Å². The maximum atomic E-state index is 5.90. The largest absolute Gasteiger partial charge is 0.370 e. The fraction of sp³-hybridized carbons (Fsp3) is 1.00. The first-order valence-electron chi connectivity index (χ1n) is 12.2. The zero-order chi connectivity index (χ0) is 19.1. The van der Waals surface area contributed by atoms with E-state index in [9.17, 15) is 0 Å². The molecule has 1 saturated heterocycles. The van der Waals surface area contributed by atoms with Crippen molar-refractivity contribution in [2.24, 2.45) is 5.41 Å². The molecule has 156 valence electrons. The molecule has 0 aromatic carbocycles. The molecule has 0 aromatic rings. The van der Waals surface area contributed by atoms with Crippen molar-refractivity contribution in [1.82, 2.24) is 0 Å². The average Bonchev–Trinajstić information content (AvgIpc) is 3.35. The lowest BCUT2D eigenvalue weighted by atomic mass is 9.81. The number of epoxide rings is 1. The van der Waals surface area contributed by atoms with Crippen molar-refractivity contribution >= 4 is 0 Å². The second-order valence-electron chi connectivity index (χ2n) is 9.70. The number of hydrogen-bond donors (Lipinski definition) is 0. The Balaban J connectivity index is 1.90. The van der Waals surface area contributed by atoms with Gasteiger partial charge in [-0.2, -0.15) is 0 Å². The Bertz CT molecular complexity index is 309. The Morgan fingerprint density at radius 2 is 0.962 bits per heavy atom. The highest BCUT2D eigenvalue weighted by molar-refractivity contribution is 4.85. The maximum absolute atomic E-state index is 5.90. The van der Waals surface area contributed by atoms with Crippen LogP contribution in [0.2, 0.25) is 0 Å². The van der Waals surface area contributed by atoms with Gasteiger partial charge in [0, 0.05) is 0 Å². The minimum atomic E-state index is 0.535. The molecule has 1 nitrogen and oxygen atoms in total. The summed E-state index contributed by atoms with van der Waals surface area (Å²) in [5, 5.41) is 0. The standard InChI is InChI=1S/C25H50O/c1-5-7-9-11-13-15-17-21-25(3,4)22-18-20-24-23(26-24)19-16-14-12-10-8-6-2/h23-24H,5-22H2,1-4H3. The van der Waals surface area contributed by atoms with E-state index in [0.29, 0.717) is 17.6 Å². The van der Waals surface area contributed by atoms with Gasteiger partial charge in [0.1, 0.15) is 0 Å². The Morgan fingerprint density at radius 1 is 0.538 bits per heavy atom. The van der Waals surface area contributed by atoms with Crippen LogP contribution in [0.3, 0.4) is 0 Å². The summed E-state index contributed by atoms with van der Waals surface area (Å²) in [4.78, 5) is 0. The van der Waals surface area contributed by atoms with Crippen molar-refractivity contribution in [2.45, 2.75) is 155 Å². The monoisotopic (exact) mass is 366 g/mol. The molecular formula is C25H50O. The molecule has 1 aliphatic heterocycles. The van der Waals surface area contributed by atoms with Crippen molar-refractivity contribution < 1.29 is 4.74 Å². The topological polar surface area (TPSA) is 12.5 Å². The van der Waals surface area contributed by atoms with Gasteiger partial charge in [0.2, 0.25) is 0 Å². The molecule has 0 aliphatic carbocycles. The summed E-state index contributed by atoms with van der Waals surface area (Å²) in [5.74, 6) is 0. The van der Waals surface area contributed by atoms with Crippen LogP contribution in [0.4, 0.5) is 0 Å². The Labute approximate surface area is 166 Å². The molecular weight excluding hydrogens is 316 g/mol. The van der Waals surface area contributed by atoms with Gasteiger partial charge in [0.25, 0.3) is 0 Å². The molecule has 1 rings (SSSR count). The highest BCUT2D eigenvalue weighted by Crippen LogP contribution is 2.35. The van der Waals surface area contributed by atoms with Crippen LogP contribution in [0, 0.1) is 5.41 Å². The Hall–Kier alpha value is -0.0400. The summed E-state index contributed by atoms with van der Waals surface area (Å²) in [5.41, 5.74) is 0.535. The summed E-state index contributed by atoms with van der Waals surface area (Å²) < 4.78 is 5.90. The number of hydrogen-bond acceptors (Lipinski definition) is 1. The molecule has 0 saturated carbocycles. The van der Waals surface area contributed by atoms with Gasteiger partial charge < -0.3 is 4.74 Å². The minimum Gasteiger partial charge on any atom is -0.370 e. The predicted octanol–water partition coefficient (Wildman–Crippen LogP) is 8.84. The van der Waals surface area contributed by atoms with Crippen molar-refractivity contribution in [3.63, 3.8) is 0 Å². The van der Waals surface area contributed by atoms with Crippen molar-refractivity contribution in [1.29, 1.82) is 0 Å². The highest BCUT2D eigenvalue weighted by Gasteiger charge is 2.37. The van der Waals surface area contributed by atoms with Gasteiger partial charge >= 0.3 is 0 Å². The van der Waals surface area contributed by atoms with E-state index < -0.39 is 0 Å². The average molecular weight is 367 g/mol. The molecule has 26 heavy (non-hydrogen) atoms. The quantitative estimate of drug-likeness (QED) is 0.164. The smallest absolute Gasteiger partial charge is 0.0841 e. The van der Waals surface area contributed by atoms with E-state index in [1.165, 1.54) is 116 Å². The first kappa shape index (κ1) is 24.0. The van der Waals surface area contributed by atoms with Gasteiger partial charge in [-0.1, -0.05) is 118 Å². The number of ether oxygens (including phenoxy) is 1. The second-order valence-corrected chi connectivity index (χ2v) is 9.70. The minimum absolute atomic E-state index is 0.535. The van der Waals surface area contributed by atoms with Crippen LogP contribution in [-0.2, 0) is 4.74 Å². The van der Waals surface area contributed by atoms with Gasteiger partial charge in [-0.15, -0.1) is 0 Å². The maximum Gasteiger partial charge on any atom is 0.0841 e. The van der Waals surface area contributed by atoms with Gasteiger partial charge in [0.15, 0.2) is 0 Å². The molecule has 0 radical (unpaired) electrons. The van der Waals surface area contributed by atoms with Gasteiger partial charge in [0.05, 0.1) is 12.2 Å². The predicted molar refractivity (Wildman–Crippen MR) is 117 cm³/mol. The van der Waals surface area contributed by atoms with E-state index >= 15 is 0 Å². The fourth-order valence-corrected chi connectivity index (χ4v) is 4.28. The van der Waals surface area contributed by atoms with E-state index in [0.717, 1.165) is 0 Å². The second kappa shape index (κ2) is 14.9. The van der Waals surface area contributed by atoms with Gasteiger partial charge in [-0.25, -0.2) is 0 Å². The van der Waals surface area contributed by atoms with E-state index in [-0.39, 0.29) is 0 Å². The van der Waals surface area contributed by atoms with Crippen LogP contribution >= 0.6 is 0 Å². The summed E-state index contributed by atoms with van der Waals surface area (Å²) in [6, 6.07) is 0. The summed E-state index contributed by atoms with van der Waals surface area (Å²) in [7, 11) is 0. The Morgan fingerprint density at radius 3 is 1.54 bits per heavy atom. The molecule has 1 heterocycles. The molecule has 0 N–H and O–H groups in total. The molecule has 0 amide bonds. The van der Waals surface area contributed by atoms with Crippen LogP contribution in [0.5, 0.6) is 0 Å². The lowest BCUT2D eigenvalue weighted by Crippen LogP contribution is -2.11. The lowest BCUT2D eigenvalue weighted by Gasteiger charge is -2.24.